The van der Waals surface area contributed by atoms with Gasteiger partial charge in [0, 0.05) is 24.5 Å². The lowest BCUT2D eigenvalue weighted by Gasteiger charge is -2.07. The Hall–Kier alpha value is -2.54. The van der Waals surface area contributed by atoms with E-state index in [0.29, 0.717) is 0 Å². The number of pyridine rings is 1. The van der Waals surface area contributed by atoms with Crippen LogP contribution in [0.4, 0.5) is 15.8 Å². The second-order valence-corrected chi connectivity index (χ2v) is 4.14. The maximum absolute atomic E-state index is 13.5. The van der Waals surface area contributed by atoms with Crippen LogP contribution in [-0.4, -0.2) is 15.8 Å². The van der Waals surface area contributed by atoms with Crippen molar-refractivity contribution in [3.8, 4) is 0 Å². The zero-order valence-corrected chi connectivity index (χ0v) is 10.6. The van der Waals surface area contributed by atoms with Gasteiger partial charge in [0.1, 0.15) is 5.82 Å². The van der Waals surface area contributed by atoms with E-state index in [9.17, 15) is 19.3 Å². The highest BCUT2D eigenvalue weighted by Crippen LogP contribution is 2.23. The Balaban J connectivity index is 2.30. The minimum absolute atomic E-state index is 0.0417. The molecule has 0 aliphatic rings. The van der Waals surface area contributed by atoms with E-state index >= 15 is 0 Å². The van der Waals surface area contributed by atoms with Crippen molar-refractivity contribution in [3.05, 3.63) is 63.2 Å². The Morgan fingerprint density at radius 2 is 2.15 bits per heavy atom. The van der Waals surface area contributed by atoms with Crippen LogP contribution in [0.5, 0.6) is 0 Å². The molecular weight excluding hydrogens is 289 g/mol. The first-order valence-electron chi connectivity index (χ1n) is 5.34. The van der Waals surface area contributed by atoms with Crippen molar-refractivity contribution in [2.24, 2.45) is 0 Å². The molecule has 1 amide bonds. The number of rotatable bonds is 3. The summed E-state index contributed by atoms with van der Waals surface area (Å²) in [4.78, 5) is 25.6. The highest BCUT2D eigenvalue weighted by atomic mass is 35.5. The van der Waals surface area contributed by atoms with E-state index in [-0.39, 0.29) is 22.0 Å². The van der Waals surface area contributed by atoms with Crippen LogP contribution in [0.15, 0.2) is 36.7 Å². The van der Waals surface area contributed by atoms with Crippen LogP contribution in [0.25, 0.3) is 0 Å². The van der Waals surface area contributed by atoms with Gasteiger partial charge < -0.3 is 5.32 Å². The van der Waals surface area contributed by atoms with Crippen LogP contribution in [0.1, 0.15) is 10.4 Å². The summed E-state index contributed by atoms with van der Waals surface area (Å²) in [6.07, 6.45) is 2.61. The normalized spacial score (nSPS) is 10.1. The molecule has 0 unspecified atom stereocenters. The molecule has 1 N–H and O–H groups in total. The molecule has 0 saturated heterocycles. The third kappa shape index (κ3) is 2.89. The lowest BCUT2D eigenvalue weighted by atomic mass is 10.2. The van der Waals surface area contributed by atoms with Gasteiger partial charge in [-0.1, -0.05) is 11.6 Å². The molecule has 0 fully saturated rings. The molecular formula is C12H7ClFN3O3. The monoisotopic (exact) mass is 295 g/mol. The number of hydrogen-bond donors (Lipinski definition) is 1. The quantitative estimate of drug-likeness (QED) is 0.696. The lowest BCUT2D eigenvalue weighted by Crippen LogP contribution is -2.14. The second-order valence-electron chi connectivity index (χ2n) is 3.73. The highest BCUT2D eigenvalue weighted by Gasteiger charge is 2.15. The van der Waals surface area contributed by atoms with Crippen LogP contribution in [0.3, 0.4) is 0 Å². The Morgan fingerprint density at radius 1 is 1.40 bits per heavy atom. The van der Waals surface area contributed by atoms with Gasteiger partial charge in [-0.15, -0.1) is 0 Å². The molecule has 0 aliphatic carbocycles. The number of carbonyl (C=O) groups is 1. The van der Waals surface area contributed by atoms with Gasteiger partial charge >= 0.3 is 0 Å². The zero-order valence-electron chi connectivity index (χ0n) is 9.84. The zero-order chi connectivity index (χ0) is 14.7. The molecule has 8 heteroatoms. The molecule has 1 aromatic heterocycles. The minimum atomic E-state index is -0.788. The molecule has 0 spiro atoms. The van der Waals surface area contributed by atoms with E-state index in [1.165, 1.54) is 18.5 Å². The number of hydrogen-bond acceptors (Lipinski definition) is 4. The van der Waals surface area contributed by atoms with Gasteiger partial charge in [-0.2, -0.15) is 0 Å². The fourth-order valence-electron chi connectivity index (χ4n) is 1.46. The Bertz CT molecular complexity index is 693. The van der Waals surface area contributed by atoms with Crippen LogP contribution in [0, 0.1) is 15.9 Å². The van der Waals surface area contributed by atoms with Crippen LogP contribution in [-0.2, 0) is 0 Å². The van der Waals surface area contributed by atoms with Crippen molar-refractivity contribution in [1.29, 1.82) is 0 Å². The maximum Gasteiger partial charge on any atom is 0.271 e. The fraction of sp³-hybridized carbons (Fsp3) is 0. The summed E-state index contributed by atoms with van der Waals surface area (Å²) >= 11 is 5.80. The number of carbonyl (C=O) groups excluding carboxylic acids is 1. The number of non-ortho nitro benzene ring substituents is 1. The molecule has 1 heterocycles. The van der Waals surface area contributed by atoms with Gasteiger partial charge in [0.15, 0.2) is 0 Å². The Labute approximate surface area is 117 Å². The third-order valence-corrected chi connectivity index (χ3v) is 2.75. The summed E-state index contributed by atoms with van der Waals surface area (Å²) in [6, 6.07) is 4.23. The molecule has 0 bridgehead atoms. The fourth-order valence-corrected chi connectivity index (χ4v) is 1.65. The van der Waals surface area contributed by atoms with E-state index in [2.05, 4.69) is 10.3 Å². The maximum atomic E-state index is 13.5. The van der Waals surface area contributed by atoms with Gasteiger partial charge in [0.25, 0.3) is 11.6 Å². The van der Waals surface area contributed by atoms with Crippen molar-refractivity contribution in [3.63, 3.8) is 0 Å². The number of nitrogens with one attached hydrogen (secondary N) is 1. The van der Waals surface area contributed by atoms with E-state index in [4.69, 9.17) is 11.6 Å². The minimum Gasteiger partial charge on any atom is -0.319 e. The molecule has 0 aliphatic heterocycles. The molecule has 102 valence electrons. The van der Waals surface area contributed by atoms with Gasteiger partial charge in [0.05, 0.1) is 21.2 Å². The van der Waals surface area contributed by atoms with E-state index in [0.717, 1.165) is 18.2 Å². The first-order chi connectivity index (χ1) is 9.49. The van der Waals surface area contributed by atoms with Gasteiger partial charge in [-0.25, -0.2) is 4.39 Å². The van der Waals surface area contributed by atoms with Gasteiger partial charge in [0.2, 0.25) is 0 Å². The molecule has 6 nitrogen and oxygen atoms in total. The average molecular weight is 296 g/mol. The molecule has 1 aromatic carbocycles. The van der Waals surface area contributed by atoms with Crippen LogP contribution >= 0.6 is 11.6 Å². The van der Waals surface area contributed by atoms with E-state index < -0.39 is 16.6 Å². The number of halogens is 2. The summed E-state index contributed by atoms with van der Waals surface area (Å²) in [7, 11) is 0. The number of anilines is 1. The summed E-state index contributed by atoms with van der Waals surface area (Å²) in [5.41, 5.74) is -0.594. The van der Waals surface area contributed by atoms with Crippen molar-refractivity contribution < 1.29 is 14.1 Å². The Morgan fingerprint density at radius 3 is 2.80 bits per heavy atom. The molecule has 2 aromatic rings. The topological polar surface area (TPSA) is 85.1 Å². The first-order valence-corrected chi connectivity index (χ1v) is 5.71. The van der Waals surface area contributed by atoms with Crippen LogP contribution < -0.4 is 5.32 Å². The Kier molecular flexibility index (Phi) is 3.90. The summed E-state index contributed by atoms with van der Waals surface area (Å²) in [6.45, 7) is 0. The van der Waals surface area contributed by atoms with Crippen molar-refractivity contribution in [2.75, 3.05) is 5.32 Å². The smallest absolute Gasteiger partial charge is 0.271 e. The third-order valence-electron chi connectivity index (χ3n) is 2.42. The molecule has 0 atom stereocenters. The second kappa shape index (κ2) is 5.62. The predicted molar refractivity (Wildman–Crippen MR) is 70.3 cm³/mol. The summed E-state index contributed by atoms with van der Waals surface area (Å²) < 4.78 is 13.5. The molecule has 20 heavy (non-hydrogen) atoms. The average Bonchev–Trinajstić information content (AvgIpc) is 2.41. The number of aromatic nitrogens is 1. The SMILES string of the molecule is O=C(Nc1cc([N+](=O)[O-])ccc1F)c1cnccc1Cl. The van der Waals surface area contributed by atoms with E-state index in [1.807, 2.05) is 0 Å². The van der Waals surface area contributed by atoms with Gasteiger partial charge in [-0.05, 0) is 12.1 Å². The highest BCUT2D eigenvalue weighted by molar-refractivity contribution is 6.34. The standard InChI is InChI=1S/C12H7ClFN3O3/c13-9-3-4-15-6-8(9)12(18)16-11-5-7(17(19)20)1-2-10(11)14/h1-6H,(H,16,18). The van der Waals surface area contributed by atoms with Crippen LogP contribution in [0.2, 0.25) is 5.02 Å². The first kappa shape index (κ1) is 13.9. The van der Waals surface area contributed by atoms with Crippen molar-refractivity contribution >= 4 is 28.9 Å². The van der Waals surface area contributed by atoms with Crippen molar-refractivity contribution in [2.45, 2.75) is 0 Å². The molecule has 0 radical (unpaired) electrons. The summed E-state index contributed by atoms with van der Waals surface area (Å²) in [5.74, 6) is -1.49. The van der Waals surface area contributed by atoms with Crippen molar-refractivity contribution in [1.82, 2.24) is 4.98 Å². The number of benzene rings is 1. The summed E-state index contributed by atoms with van der Waals surface area (Å²) in [5, 5.41) is 13.0. The predicted octanol–water partition coefficient (Wildman–Crippen LogP) is 3.03. The molecule has 2 rings (SSSR count). The number of nitro benzene ring substituents is 1. The number of amides is 1. The molecule has 0 saturated carbocycles. The van der Waals surface area contributed by atoms with Gasteiger partial charge in [-0.3, -0.25) is 19.9 Å². The largest absolute Gasteiger partial charge is 0.319 e. The van der Waals surface area contributed by atoms with E-state index in [1.54, 1.807) is 0 Å². The number of nitrogens with zero attached hydrogens (tertiary/aromatic N) is 2. The lowest BCUT2D eigenvalue weighted by molar-refractivity contribution is -0.384. The number of nitro groups is 1.